The number of hydrogen-bond acceptors (Lipinski definition) is 0. The van der Waals surface area contributed by atoms with Gasteiger partial charge < -0.3 is 0 Å². The summed E-state index contributed by atoms with van der Waals surface area (Å²) in [6.07, 6.45) is 0. The van der Waals surface area contributed by atoms with E-state index in [4.69, 9.17) is 0 Å². The maximum absolute atomic E-state index is 9.67. The monoisotopic (exact) mass is 92.0 g/mol. The van der Waals surface area contributed by atoms with E-state index in [0.717, 1.165) is 0 Å². The van der Waals surface area contributed by atoms with Gasteiger partial charge in [0.1, 0.15) is 0 Å². The number of rotatable bonds is 0. The van der Waals surface area contributed by atoms with E-state index in [9.17, 15) is 12.9 Å². The van der Waals surface area contributed by atoms with E-state index in [2.05, 4.69) is 0 Å². The van der Waals surface area contributed by atoms with Gasteiger partial charge in [-0.15, -0.1) is 0 Å². The van der Waals surface area contributed by atoms with Crippen molar-refractivity contribution in [2.45, 2.75) is 0 Å². The molecule has 0 saturated heterocycles. The molecule has 0 unspecified atom stereocenters. The Labute approximate surface area is 44.1 Å². The average molecular weight is 92.1 g/mol. The van der Waals surface area contributed by atoms with Crippen LogP contribution in [0.3, 0.4) is 0 Å². The zero-order chi connectivity index (χ0) is 3.58. The first-order chi connectivity index (χ1) is 1.73. The lowest BCUT2D eigenvalue weighted by Crippen LogP contribution is -1.76. The molecule has 0 aromatic carbocycles. The summed E-state index contributed by atoms with van der Waals surface area (Å²) >= 11 is 0. The highest BCUT2D eigenvalue weighted by Gasteiger charge is 2.06. The molecule has 0 rings (SSSR count). The third-order valence-electron chi connectivity index (χ3n) is 0. The van der Waals surface area contributed by atoms with Crippen molar-refractivity contribution < 1.29 is 12.9 Å². The lowest BCUT2D eigenvalue weighted by molar-refractivity contribution is 0.535. The van der Waals surface area contributed by atoms with E-state index >= 15 is 0 Å². The van der Waals surface area contributed by atoms with Crippen LogP contribution in [0.25, 0.3) is 0 Å². The average Bonchev–Trinajstić information content (AvgIpc) is 0.811. The SMILES string of the molecule is FB(F)F.[Mg]. The van der Waals surface area contributed by atoms with Gasteiger partial charge in [-0.25, -0.2) is 0 Å². The van der Waals surface area contributed by atoms with Gasteiger partial charge in [0.05, 0.1) is 0 Å². The normalized spacial score (nSPS) is 5.40. The fourth-order valence-corrected chi connectivity index (χ4v) is 0. The predicted molar refractivity (Wildman–Crippen MR) is 14.8 cm³/mol. The number of halogens is 3. The van der Waals surface area contributed by atoms with E-state index < -0.39 is 7.54 Å². The Morgan fingerprint density at radius 2 is 1.00 bits per heavy atom. The molecule has 5 heteroatoms. The molecule has 0 N–H and O–H groups in total. The second kappa shape index (κ2) is 4.62. The summed E-state index contributed by atoms with van der Waals surface area (Å²) in [5, 5.41) is 0. The summed E-state index contributed by atoms with van der Waals surface area (Å²) in [5.41, 5.74) is 0. The molecule has 2 radical (unpaired) electrons. The van der Waals surface area contributed by atoms with Gasteiger partial charge in [-0.2, -0.15) is 0 Å². The van der Waals surface area contributed by atoms with Crippen LogP contribution in [0.1, 0.15) is 0 Å². The molecular formula is BF3Mg. The second-order valence-corrected chi connectivity index (χ2v) is 0.247. The number of hydrogen-bond donors (Lipinski definition) is 0. The summed E-state index contributed by atoms with van der Waals surface area (Å²) in [6, 6.07) is 0. The van der Waals surface area contributed by atoms with E-state index in [1.165, 1.54) is 0 Å². The Hall–Kier alpha value is 0.621. The zero-order valence-corrected chi connectivity index (χ0v) is 3.83. The molecular weight excluding hydrogens is 92.1 g/mol. The van der Waals surface area contributed by atoms with Gasteiger partial charge in [-0.05, 0) is 0 Å². The molecule has 0 spiro atoms. The maximum atomic E-state index is 9.67. The molecule has 0 aliphatic heterocycles. The summed E-state index contributed by atoms with van der Waals surface area (Å²) in [5.74, 6) is 0. The summed E-state index contributed by atoms with van der Waals surface area (Å²) < 4.78 is 29.0. The first-order valence-corrected chi connectivity index (χ1v) is 0.655. The minimum atomic E-state index is -3.67. The first kappa shape index (κ1) is 9.15. The van der Waals surface area contributed by atoms with Crippen LogP contribution in [-0.2, 0) is 0 Å². The van der Waals surface area contributed by atoms with Crippen LogP contribution in [0.4, 0.5) is 12.9 Å². The van der Waals surface area contributed by atoms with Crippen molar-refractivity contribution in [1.29, 1.82) is 0 Å². The Morgan fingerprint density at radius 3 is 1.00 bits per heavy atom. The third-order valence-corrected chi connectivity index (χ3v) is 0. The third kappa shape index (κ3) is 82.3. The highest BCUT2D eigenvalue weighted by atomic mass is 24.3. The minimum Gasteiger partial charge on any atom is -0.254 e. The molecule has 5 heavy (non-hydrogen) atoms. The van der Waals surface area contributed by atoms with E-state index in [0.29, 0.717) is 0 Å². The summed E-state index contributed by atoms with van der Waals surface area (Å²) in [4.78, 5) is 0. The maximum Gasteiger partial charge on any atom is 0.762 e. The molecule has 0 aliphatic rings. The molecule has 0 aliphatic carbocycles. The first-order valence-electron chi connectivity index (χ1n) is 0.655. The van der Waals surface area contributed by atoms with Crippen LogP contribution < -0.4 is 0 Å². The van der Waals surface area contributed by atoms with Gasteiger partial charge in [0.15, 0.2) is 0 Å². The van der Waals surface area contributed by atoms with Gasteiger partial charge >= 0.3 is 7.54 Å². The topological polar surface area (TPSA) is 0 Å². The molecule has 0 fully saturated rings. The summed E-state index contributed by atoms with van der Waals surface area (Å²) in [6.45, 7) is 0. The van der Waals surface area contributed by atoms with Crippen LogP contribution in [0.15, 0.2) is 0 Å². The highest BCUT2D eigenvalue weighted by molar-refractivity contribution is 6.33. The Morgan fingerprint density at radius 1 is 1.00 bits per heavy atom. The lowest BCUT2D eigenvalue weighted by Gasteiger charge is -1.55. The van der Waals surface area contributed by atoms with Crippen molar-refractivity contribution >= 4 is 30.6 Å². The van der Waals surface area contributed by atoms with Gasteiger partial charge in [0.25, 0.3) is 0 Å². The molecule has 26 valence electrons. The van der Waals surface area contributed by atoms with Gasteiger partial charge in [0.2, 0.25) is 0 Å². The molecule has 0 saturated carbocycles. The van der Waals surface area contributed by atoms with Gasteiger partial charge in [0, 0.05) is 23.1 Å². The molecule has 0 heterocycles. The van der Waals surface area contributed by atoms with Gasteiger partial charge in [-0.3, -0.25) is 12.9 Å². The summed E-state index contributed by atoms with van der Waals surface area (Å²) in [7, 11) is -3.67. The van der Waals surface area contributed by atoms with Crippen molar-refractivity contribution in [3.05, 3.63) is 0 Å². The van der Waals surface area contributed by atoms with Crippen LogP contribution in [-0.4, -0.2) is 30.6 Å². The molecule has 0 bridgehead atoms. The lowest BCUT2D eigenvalue weighted by atomic mass is 10.5. The van der Waals surface area contributed by atoms with Gasteiger partial charge in [-0.1, -0.05) is 0 Å². The van der Waals surface area contributed by atoms with Crippen molar-refractivity contribution in [2.24, 2.45) is 0 Å². The van der Waals surface area contributed by atoms with Crippen LogP contribution in [0.2, 0.25) is 0 Å². The van der Waals surface area contributed by atoms with E-state index in [-0.39, 0.29) is 23.1 Å². The Balaban J connectivity index is 0. The van der Waals surface area contributed by atoms with E-state index in [1.54, 1.807) is 0 Å². The molecule has 0 aromatic rings. The van der Waals surface area contributed by atoms with Crippen LogP contribution >= 0.6 is 0 Å². The largest absolute Gasteiger partial charge is 0.762 e. The second-order valence-electron chi connectivity index (χ2n) is 0.247. The molecule has 0 atom stereocenters. The minimum absolute atomic E-state index is 0. The van der Waals surface area contributed by atoms with Crippen molar-refractivity contribution in [3.8, 4) is 0 Å². The Bertz CT molecular complexity index is 11.6. The quantitative estimate of drug-likeness (QED) is 0.382. The van der Waals surface area contributed by atoms with Crippen molar-refractivity contribution in [3.63, 3.8) is 0 Å². The smallest absolute Gasteiger partial charge is 0.254 e. The van der Waals surface area contributed by atoms with Crippen LogP contribution in [0.5, 0.6) is 0 Å². The van der Waals surface area contributed by atoms with Crippen LogP contribution in [0, 0.1) is 0 Å². The molecule has 0 nitrogen and oxygen atoms in total. The molecule has 0 aromatic heterocycles. The highest BCUT2D eigenvalue weighted by Crippen LogP contribution is 1.80. The molecule has 0 amide bonds. The van der Waals surface area contributed by atoms with E-state index in [1.807, 2.05) is 0 Å². The zero-order valence-electron chi connectivity index (χ0n) is 2.42. The van der Waals surface area contributed by atoms with Crippen molar-refractivity contribution in [1.82, 2.24) is 0 Å². The standard InChI is InChI=1S/BF3.Mg/c2-1(3)4;. The Kier molecular flexibility index (Phi) is 8.46. The fraction of sp³-hybridized carbons (Fsp3) is 0. The fourth-order valence-electron chi connectivity index (χ4n) is 0. The van der Waals surface area contributed by atoms with Crippen molar-refractivity contribution in [2.75, 3.05) is 0 Å². The predicted octanol–water partition coefficient (Wildman–Crippen LogP) is 0.499.